The maximum Gasteiger partial charge on any atom is 0.320 e. The molecule has 0 saturated carbocycles. The zero-order chi connectivity index (χ0) is 18.3. The Kier molecular flexibility index (Phi) is 3.68. The maximum atomic E-state index is 11.2. The summed E-state index contributed by atoms with van der Waals surface area (Å²) in [5.74, 6) is 0.174. The molecule has 0 aliphatic carbocycles. The first-order chi connectivity index (χ1) is 12.5. The monoisotopic (exact) mass is 350 g/mol. The van der Waals surface area contributed by atoms with E-state index in [1.165, 1.54) is 10.9 Å². The molecule has 0 unspecified atom stereocenters. The molecule has 9 heteroatoms. The van der Waals surface area contributed by atoms with Gasteiger partial charge in [0.2, 0.25) is 5.69 Å². The summed E-state index contributed by atoms with van der Waals surface area (Å²) in [6, 6.07) is 9.62. The summed E-state index contributed by atoms with van der Waals surface area (Å²) >= 11 is 0. The number of nitrogens with zero attached hydrogens (tertiary/aromatic N) is 6. The van der Waals surface area contributed by atoms with Gasteiger partial charge in [-0.1, -0.05) is 17.7 Å². The van der Waals surface area contributed by atoms with Gasteiger partial charge < -0.3 is 4.42 Å². The van der Waals surface area contributed by atoms with Crippen LogP contribution in [0, 0.1) is 17.0 Å². The number of benzene rings is 1. The standard InChI is InChI=1S/C17H14N6O3/c1-3-22-9-14(23(24)25)15(21-22)17-20-19-16(26-17)13-7-5-11-8-10(2)4-6-12(11)18-13/h4-9H,3H2,1-2H3. The first kappa shape index (κ1) is 15.9. The average molecular weight is 350 g/mol. The first-order valence-electron chi connectivity index (χ1n) is 7.98. The third-order valence-corrected chi connectivity index (χ3v) is 3.95. The van der Waals surface area contributed by atoms with E-state index in [9.17, 15) is 10.1 Å². The summed E-state index contributed by atoms with van der Waals surface area (Å²) in [6.07, 6.45) is 1.34. The Labute approximate surface area is 147 Å². The van der Waals surface area contributed by atoms with Gasteiger partial charge in [-0.05, 0) is 32.0 Å². The minimum atomic E-state index is -0.519. The summed E-state index contributed by atoms with van der Waals surface area (Å²) in [4.78, 5) is 15.2. The summed E-state index contributed by atoms with van der Waals surface area (Å²) in [6.45, 7) is 4.34. The molecule has 4 rings (SSSR count). The van der Waals surface area contributed by atoms with E-state index < -0.39 is 4.92 Å². The molecule has 3 aromatic heterocycles. The van der Waals surface area contributed by atoms with Gasteiger partial charge in [-0.2, -0.15) is 5.10 Å². The number of pyridine rings is 1. The van der Waals surface area contributed by atoms with Crippen LogP contribution in [-0.2, 0) is 6.54 Å². The number of hydrogen-bond acceptors (Lipinski definition) is 7. The van der Waals surface area contributed by atoms with E-state index in [1.807, 2.05) is 38.1 Å². The van der Waals surface area contributed by atoms with E-state index in [2.05, 4.69) is 20.3 Å². The van der Waals surface area contributed by atoms with E-state index in [-0.39, 0.29) is 23.2 Å². The fourth-order valence-corrected chi connectivity index (χ4v) is 2.65. The number of fused-ring (bicyclic) bond motifs is 1. The van der Waals surface area contributed by atoms with Crippen LogP contribution in [0.4, 0.5) is 5.69 Å². The topological polar surface area (TPSA) is 113 Å². The van der Waals surface area contributed by atoms with E-state index in [0.717, 1.165) is 16.5 Å². The van der Waals surface area contributed by atoms with Crippen molar-refractivity contribution in [3.05, 3.63) is 52.2 Å². The molecule has 130 valence electrons. The Hall–Kier alpha value is -3.62. The molecule has 0 spiro atoms. The quantitative estimate of drug-likeness (QED) is 0.409. The van der Waals surface area contributed by atoms with Crippen molar-refractivity contribution in [2.45, 2.75) is 20.4 Å². The Morgan fingerprint density at radius 1 is 1.19 bits per heavy atom. The number of nitro groups is 1. The molecular formula is C17H14N6O3. The fraction of sp³-hybridized carbons (Fsp3) is 0.176. The Morgan fingerprint density at radius 2 is 2.00 bits per heavy atom. The summed E-state index contributed by atoms with van der Waals surface area (Å²) in [5.41, 5.74) is 2.31. The van der Waals surface area contributed by atoms with Crippen LogP contribution in [0.25, 0.3) is 34.1 Å². The van der Waals surface area contributed by atoms with Crippen molar-refractivity contribution >= 4 is 16.6 Å². The average Bonchev–Trinajstić information content (AvgIpc) is 3.28. The first-order valence-corrected chi connectivity index (χ1v) is 7.98. The molecule has 0 aliphatic rings. The zero-order valence-corrected chi connectivity index (χ0v) is 14.1. The van der Waals surface area contributed by atoms with Crippen molar-refractivity contribution in [2.75, 3.05) is 0 Å². The molecule has 1 aromatic carbocycles. The summed E-state index contributed by atoms with van der Waals surface area (Å²) < 4.78 is 7.06. The highest BCUT2D eigenvalue weighted by molar-refractivity contribution is 5.81. The zero-order valence-electron chi connectivity index (χ0n) is 14.1. The number of aromatic nitrogens is 5. The second-order valence-corrected chi connectivity index (χ2v) is 5.78. The van der Waals surface area contributed by atoms with Crippen LogP contribution in [-0.4, -0.2) is 29.9 Å². The normalized spacial score (nSPS) is 11.2. The predicted molar refractivity (Wildman–Crippen MR) is 93.3 cm³/mol. The summed E-state index contributed by atoms with van der Waals surface area (Å²) in [7, 11) is 0. The van der Waals surface area contributed by atoms with E-state index in [0.29, 0.717) is 12.2 Å². The highest BCUT2D eigenvalue weighted by Crippen LogP contribution is 2.29. The minimum absolute atomic E-state index is 0.00953. The van der Waals surface area contributed by atoms with Gasteiger partial charge in [0.05, 0.1) is 10.4 Å². The van der Waals surface area contributed by atoms with Gasteiger partial charge in [-0.15, -0.1) is 10.2 Å². The van der Waals surface area contributed by atoms with Gasteiger partial charge in [0.1, 0.15) is 11.9 Å². The molecule has 4 aromatic rings. The van der Waals surface area contributed by atoms with Gasteiger partial charge in [-0.3, -0.25) is 14.8 Å². The number of hydrogen-bond donors (Lipinski definition) is 0. The molecule has 0 aliphatic heterocycles. The van der Waals surface area contributed by atoms with Crippen molar-refractivity contribution in [1.82, 2.24) is 25.0 Å². The van der Waals surface area contributed by atoms with Crippen molar-refractivity contribution in [3.63, 3.8) is 0 Å². The van der Waals surface area contributed by atoms with Gasteiger partial charge in [0.25, 0.3) is 11.8 Å². The lowest BCUT2D eigenvalue weighted by atomic mass is 10.1. The number of aryl methyl sites for hydroxylation is 2. The SMILES string of the molecule is CCn1cc([N+](=O)[O-])c(-c2nnc(-c3ccc4cc(C)ccc4n3)o2)n1. The highest BCUT2D eigenvalue weighted by atomic mass is 16.6. The van der Waals surface area contributed by atoms with Crippen molar-refractivity contribution < 1.29 is 9.34 Å². The lowest BCUT2D eigenvalue weighted by molar-refractivity contribution is -0.384. The van der Waals surface area contributed by atoms with Crippen LogP contribution in [0.1, 0.15) is 12.5 Å². The van der Waals surface area contributed by atoms with Crippen molar-refractivity contribution in [1.29, 1.82) is 0 Å². The van der Waals surface area contributed by atoms with Gasteiger partial charge in [0, 0.05) is 11.9 Å². The van der Waals surface area contributed by atoms with Gasteiger partial charge in [0.15, 0.2) is 0 Å². The van der Waals surface area contributed by atoms with Crippen LogP contribution >= 0.6 is 0 Å². The third kappa shape index (κ3) is 2.69. The number of rotatable bonds is 4. The van der Waals surface area contributed by atoms with E-state index in [1.54, 1.807) is 6.07 Å². The molecule has 0 N–H and O–H groups in total. The molecule has 0 fully saturated rings. The molecule has 0 radical (unpaired) electrons. The minimum Gasteiger partial charge on any atom is -0.413 e. The van der Waals surface area contributed by atoms with Crippen LogP contribution < -0.4 is 0 Å². The van der Waals surface area contributed by atoms with Crippen LogP contribution in [0.15, 0.2) is 40.9 Å². The molecule has 26 heavy (non-hydrogen) atoms. The predicted octanol–water partition coefficient (Wildman–Crippen LogP) is 3.38. The Bertz CT molecular complexity index is 1130. The molecule has 3 heterocycles. The smallest absolute Gasteiger partial charge is 0.320 e. The van der Waals surface area contributed by atoms with Gasteiger partial charge in [-0.25, -0.2) is 4.98 Å². The Morgan fingerprint density at radius 3 is 2.77 bits per heavy atom. The van der Waals surface area contributed by atoms with Crippen molar-refractivity contribution in [2.24, 2.45) is 0 Å². The van der Waals surface area contributed by atoms with Crippen molar-refractivity contribution in [3.8, 4) is 23.2 Å². The molecule has 0 amide bonds. The fourth-order valence-electron chi connectivity index (χ4n) is 2.65. The van der Waals surface area contributed by atoms with E-state index >= 15 is 0 Å². The lowest BCUT2D eigenvalue weighted by Gasteiger charge is -2.00. The van der Waals surface area contributed by atoms with Crippen LogP contribution in [0.2, 0.25) is 0 Å². The third-order valence-electron chi connectivity index (χ3n) is 3.95. The summed E-state index contributed by atoms with van der Waals surface area (Å²) in [5, 5.41) is 24.3. The Balaban J connectivity index is 1.76. The molecule has 0 saturated heterocycles. The highest BCUT2D eigenvalue weighted by Gasteiger charge is 2.26. The van der Waals surface area contributed by atoms with Crippen LogP contribution in [0.5, 0.6) is 0 Å². The van der Waals surface area contributed by atoms with E-state index in [4.69, 9.17) is 4.42 Å². The molecule has 0 bridgehead atoms. The molecule has 9 nitrogen and oxygen atoms in total. The second-order valence-electron chi connectivity index (χ2n) is 5.78. The maximum absolute atomic E-state index is 11.2. The lowest BCUT2D eigenvalue weighted by Crippen LogP contribution is -1.93. The van der Waals surface area contributed by atoms with Crippen LogP contribution in [0.3, 0.4) is 0 Å². The van der Waals surface area contributed by atoms with Gasteiger partial charge >= 0.3 is 5.69 Å². The largest absolute Gasteiger partial charge is 0.413 e. The molecular weight excluding hydrogens is 336 g/mol. The molecule has 0 atom stereocenters. The second kappa shape index (κ2) is 6.03.